The van der Waals surface area contributed by atoms with Gasteiger partial charge in [0.1, 0.15) is 5.82 Å². The van der Waals surface area contributed by atoms with Crippen LogP contribution in [0.4, 0.5) is 0 Å². The molecule has 3 heteroatoms. The standard InChI is InChI=1S/C12H14N2S/c1-9-5-6-11(15-9)10-8-14-7-3-2-4-12(14)13-10/h5-6,8H,2-4,7H2,1H3. The van der Waals surface area contributed by atoms with E-state index in [-0.39, 0.29) is 0 Å². The Kier molecular flexibility index (Phi) is 2.13. The molecule has 3 heterocycles. The molecule has 2 aromatic rings. The molecule has 0 saturated carbocycles. The Hall–Kier alpha value is -1.09. The van der Waals surface area contributed by atoms with Crippen LogP contribution in [0.25, 0.3) is 10.6 Å². The first-order chi connectivity index (χ1) is 7.33. The minimum atomic E-state index is 1.14. The SMILES string of the molecule is Cc1ccc(-c2cn3c(n2)CCCC3)s1. The maximum absolute atomic E-state index is 4.71. The summed E-state index contributed by atoms with van der Waals surface area (Å²) in [5.74, 6) is 1.27. The highest BCUT2D eigenvalue weighted by Crippen LogP contribution is 2.28. The Morgan fingerprint density at radius 1 is 1.33 bits per heavy atom. The molecule has 0 spiro atoms. The van der Waals surface area contributed by atoms with Gasteiger partial charge in [0.15, 0.2) is 0 Å². The van der Waals surface area contributed by atoms with E-state index in [4.69, 9.17) is 4.98 Å². The lowest BCUT2D eigenvalue weighted by molar-refractivity contribution is 0.522. The van der Waals surface area contributed by atoms with Gasteiger partial charge >= 0.3 is 0 Å². The molecule has 0 amide bonds. The number of hydrogen-bond donors (Lipinski definition) is 0. The summed E-state index contributed by atoms with van der Waals surface area (Å²) in [7, 11) is 0. The van der Waals surface area contributed by atoms with Crippen LogP contribution >= 0.6 is 11.3 Å². The van der Waals surface area contributed by atoms with Crippen LogP contribution in [0.5, 0.6) is 0 Å². The van der Waals surface area contributed by atoms with Gasteiger partial charge in [0.2, 0.25) is 0 Å². The summed E-state index contributed by atoms with van der Waals surface area (Å²) in [5.41, 5.74) is 1.16. The summed E-state index contributed by atoms with van der Waals surface area (Å²) in [6.45, 7) is 3.29. The Morgan fingerprint density at radius 3 is 3.00 bits per heavy atom. The van der Waals surface area contributed by atoms with Crippen molar-refractivity contribution in [2.45, 2.75) is 32.7 Å². The third kappa shape index (κ3) is 1.61. The maximum atomic E-state index is 4.71. The smallest absolute Gasteiger partial charge is 0.109 e. The summed E-state index contributed by atoms with van der Waals surface area (Å²) < 4.78 is 2.31. The van der Waals surface area contributed by atoms with Gasteiger partial charge in [0.25, 0.3) is 0 Å². The van der Waals surface area contributed by atoms with Gasteiger partial charge in [0, 0.05) is 24.0 Å². The summed E-state index contributed by atoms with van der Waals surface area (Å²) in [5, 5.41) is 0. The quantitative estimate of drug-likeness (QED) is 0.718. The fraction of sp³-hybridized carbons (Fsp3) is 0.417. The molecule has 0 saturated heterocycles. The Bertz CT molecular complexity index is 458. The minimum Gasteiger partial charge on any atom is -0.334 e. The minimum absolute atomic E-state index is 1.14. The second-order valence-electron chi connectivity index (χ2n) is 4.10. The molecule has 1 aliphatic heterocycles. The summed E-state index contributed by atoms with van der Waals surface area (Å²) in [6, 6.07) is 4.34. The first-order valence-electron chi connectivity index (χ1n) is 5.46. The van der Waals surface area contributed by atoms with E-state index in [2.05, 4.69) is 29.8 Å². The first-order valence-corrected chi connectivity index (χ1v) is 6.27. The fourth-order valence-corrected chi connectivity index (χ4v) is 2.93. The second-order valence-corrected chi connectivity index (χ2v) is 5.39. The lowest BCUT2D eigenvalue weighted by Crippen LogP contribution is -2.08. The van der Waals surface area contributed by atoms with Gasteiger partial charge in [-0.2, -0.15) is 0 Å². The molecule has 0 aromatic carbocycles. The fourth-order valence-electron chi connectivity index (χ4n) is 2.10. The molecule has 15 heavy (non-hydrogen) atoms. The van der Waals surface area contributed by atoms with Crippen molar-refractivity contribution in [1.29, 1.82) is 0 Å². The summed E-state index contributed by atoms with van der Waals surface area (Å²) in [4.78, 5) is 7.37. The molecule has 78 valence electrons. The molecule has 0 radical (unpaired) electrons. The normalized spacial score (nSPS) is 15.3. The van der Waals surface area contributed by atoms with Gasteiger partial charge in [-0.1, -0.05) is 0 Å². The number of fused-ring (bicyclic) bond motifs is 1. The van der Waals surface area contributed by atoms with Crippen LogP contribution in [0, 0.1) is 6.92 Å². The van der Waals surface area contributed by atoms with E-state index in [9.17, 15) is 0 Å². The number of nitrogens with zero attached hydrogens (tertiary/aromatic N) is 2. The Balaban J connectivity index is 2.02. The van der Waals surface area contributed by atoms with E-state index in [1.165, 1.54) is 28.4 Å². The zero-order valence-electron chi connectivity index (χ0n) is 8.86. The zero-order valence-corrected chi connectivity index (χ0v) is 9.68. The maximum Gasteiger partial charge on any atom is 0.109 e. The predicted molar refractivity (Wildman–Crippen MR) is 63.2 cm³/mol. The van der Waals surface area contributed by atoms with Crippen LogP contribution in [-0.2, 0) is 13.0 Å². The third-order valence-corrected chi connectivity index (χ3v) is 3.92. The van der Waals surface area contributed by atoms with Crippen molar-refractivity contribution in [2.75, 3.05) is 0 Å². The van der Waals surface area contributed by atoms with Gasteiger partial charge in [-0.3, -0.25) is 0 Å². The monoisotopic (exact) mass is 218 g/mol. The number of rotatable bonds is 1. The van der Waals surface area contributed by atoms with Crippen LogP contribution in [0.15, 0.2) is 18.3 Å². The Morgan fingerprint density at radius 2 is 2.27 bits per heavy atom. The van der Waals surface area contributed by atoms with Gasteiger partial charge < -0.3 is 4.57 Å². The van der Waals surface area contributed by atoms with Crippen LogP contribution in [0.1, 0.15) is 23.5 Å². The lowest BCUT2D eigenvalue weighted by atomic mass is 10.2. The van der Waals surface area contributed by atoms with Crippen LogP contribution < -0.4 is 0 Å². The van der Waals surface area contributed by atoms with Gasteiger partial charge in [-0.25, -0.2) is 4.98 Å². The van der Waals surface area contributed by atoms with Crippen LogP contribution in [0.3, 0.4) is 0 Å². The number of aryl methyl sites for hydroxylation is 3. The van der Waals surface area contributed by atoms with Crippen molar-refractivity contribution in [3.8, 4) is 10.6 Å². The number of thiophene rings is 1. The first kappa shape index (κ1) is 9.16. The van der Waals surface area contributed by atoms with E-state index >= 15 is 0 Å². The summed E-state index contributed by atoms with van der Waals surface area (Å²) in [6.07, 6.45) is 5.94. The van der Waals surface area contributed by atoms with E-state index in [0.717, 1.165) is 18.7 Å². The third-order valence-electron chi connectivity index (χ3n) is 2.90. The average molecular weight is 218 g/mol. The van der Waals surface area contributed by atoms with Crippen molar-refractivity contribution in [1.82, 2.24) is 9.55 Å². The molecule has 0 unspecified atom stereocenters. The van der Waals surface area contributed by atoms with E-state index in [0.29, 0.717) is 0 Å². The van der Waals surface area contributed by atoms with E-state index < -0.39 is 0 Å². The predicted octanol–water partition coefficient (Wildman–Crippen LogP) is 3.26. The molecular weight excluding hydrogens is 204 g/mol. The highest BCUT2D eigenvalue weighted by Gasteiger charge is 2.13. The second kappa shape index (κ2) is 3.49. The summed E-state index contributed by atoms with van der Waals surface area (Å²) >= 11 is 1.83. The topological polar surface area (TPSA) is 17.8 Å². The molecule has 2 aromatic heterocycles. The van der Waals surface area contributed by atoms with Crippen LogP contribution in [0.2, 0.25) is 0 Å². The van der Waals surface area contributed by atoms with Crippen molar-refractivity contribution in [3.05, 3.63) is 29.0 Å². The van der Waals surface area contributed by atoms with Crippen molar-refractivity contribution < 1.29 is 0 Å². The highest BCUT2D eigenvalue weighted by molar-refractivity contribution is 7.15. The number of aromatic nitrogens is 2. The molecule has 0 aliphatic carbocycles. The van der Waals surface area contributed by atoms with Gasteiger partial charge in [-0.05, 0) is 31.9 Å². The van der Waals surface area contributed by atoms with E-state index in [1.807, 2.05) is 11.3 Å². The molecule has 0 atom stereocenters. The molecule has 1 aliphatic rings. The van der Waals surface area contributed by atoms with Crippen molar-refractivity contribution in [2.24, 2.45) is 0 Å². The molecule has 2 nitrogen and oxygen atoms in total. The molecule has 0 fully saturated rings. The van der Waals surface area contributed by atoms with Crippen molar-refractivity contribution in [3.63, 3.8) is 0 Å². The number of hydrogen-bond acceptors (Lipinski definition) is 2. The van der Waals surface area contributed by atoms with E-state index in [1.54, 1.807) is 0 Å². The zero-order chi connectivity index (χ0) is 10.3. The average Bonchev–Trinajstić information content (AvgIpc) is 2.82. The van der Waals surface area contributed by atoms with Crippen LogP contribution in [-0.4, -0.2) is 9.55 Å². The largest absolute Gasteiger partial charge is 0.334 e. The molecule has 3 rings (SSSR count). The highest BCUT2D eigenvalue weighted by atomic mass is 32.1. The molecule has 0 bridgehead atoms. The lowest BCUT2D eigenvalue weighted by Gasteiger charge is -2.11. The molecular formula is C12H14N2S. The molecule has 0 N–H and O–H groups in total. The Labute approximate surface area is 93.6 Å². The number of imidazole rings is 1. The van der Waals surface area contributed by atoms with Gasteiger partial charge in [-0.15, -0.1) is 11.3 Å². The van der Waals surface area contributed by atoms with Crippen molar-refractivity contribution >= 4 is 11.3 Å². The van der Waals surface area contributed by atoms with Gasteiger partial charge in [0.05, 0.1) is 10.6 Å².